The average Bonchev–Trinajstić information content (AvgIpc) is 3.15. The monoisotopic (exact) mass is 403 g/mol. The maximum absolute atomic E-state index is 12.7. The number of nitrogens with zero attached hydrogens (tertiary/aromatic N) is 2. The van der Waals surface area contributed by atoms with Gasteiger partial charge in [0.1, 0.15) is 0 Å². The zero-order chi connectivity index (χ0) is 20.1. The van der Waals surface area contributed by atoms with Crippen molar-refractivity contribution in [2.75, 3.05) is 27.2 Å². The fourth-order valence-electron chi connectivity index (χ4n) is 3.49. The molecule has 2 atom stereocenters. The van der Waals surface area contributed by atoms with Gasteiger partial charge >= 0.3 is 5.97 Å². The zero-order valence-electron chi connectivity index (χ0n) is 16.1. The van der Waals surface area contributed by atoms with Gasteiger partial charge in [-0.25, -0.2) is 4.98 Å². The number of aromatic nitrogens is 1. The lowest BCUT2D eigenvalue weighted by Gasteiger charge is -2.28. The van der Waals surface area contributed by atoms with Crippen molar-refractivity contribution in [1.82, 2.24) is 15.2 Å². The second-order valence-corrected chi connectivity index (χ2v) is 8.11. The minimum absolute atomic E-state index is 0.0253. The van der Waals surface area contributed by atoms with Crippen LogP contribution in [0.25, 0.3) is 10.2 Å². The average molecular weight is 404 g/mol. The van der Waals surface area contributed by atoms with Crippen molar-refractivity contribution in [3.05, 3.63) is 29.3 Å². The number of hydrogen-bond acceptors (Lipinski definition) is 6. The van der Waals surface area contributed by atoms with Crippen LogP contribution in [0.5, 0.6) is 0 Å². The van der Waals surface area contributed by atoms with E-state index in [1.165, 1.54) is 19.0 Å². The van der Waals surface area contributed by atoms with E-state index in [2.05, 4.69) is 5.32 Å². The molecule has 7 nitrogen and oxygen atoms in total. The predicted molar refractivity (Wildman–Crippen MR) is 107 cm³/mol. The van der Waals surface area contributed by atoms with E-state index >= 15 is 0 Å². The third-order valence-electron chi connectivity index (χ3n) is 5.12. The summed E-state index contributed by atoms with van der Waals surface area (Å²) in [5.74, 6) is -1.29. The highest BCUT2D eigenvalue weighted by atomic mass is 32.1. The second kappa shape index (κ2) is 9.14. The van der Waals surface area contributed by atoms with E-state index in [9.17, 15) is 14.4 Å². The van der Waals surface area contributed by atoms with Crippen LogP contribution in [0.2, 0.25) is 0 Å². The summed E-state index contributed by atoms with van der Waals surface area (Å²) < 4.78 is 6.43. The van der Waals surface area contributed by atoms with Gasteiger partial charge in [0.25, 0.3) is 5.91 Å². The largest absolute Gasteiger partial charge is 0.455 e. The maximum Gasteiger partial charge on any atom is 0.310 e. The Kier molecular flexibility index (Phi) is 6.61. The zero-order valence-corrected chi connectivity index (χ0v) is 17.0. The van der Waals surface area contributed by atoms with Crippen LogP contribution in [-0.4, -0.2) is 54.9 Å². The molecule has 0 bridgehead atoms. The number of fused-ring (bicyclic) bond motifs is 1. The van der Waals surface area contributed by atoms with Gasteiger partial charge in [0.2, 0.25) is 5.91 Å². The molecule has 0 spiro atoms. The number of ether oxygens (including phenoxy) is 1. The summed E-state index contributed by atoms with van der Waals surface area (Å²) in [4.78, 5) is 42.2. The topological polar surface area (TPSA) is 88.6 Å². The standard InChI is InChI=1S/C20H25N3O4S/c1-21-17(24)11-23(2)18(25)12-27-20(26)14-8-4-3-7-13(14)19-22-15-9-5-6-10-16(15)28-19/h5-6,9-10,13-14H,3-4,7-8,11-12H2,1-2H3,(H,21,24)/t13-,14-/m1/s1. The van der Waals surface area contributed by atoms with Crippen molar-refractivity contribution in [1.29, 1.82) is 0 Å². The first kappa shape index (κ1) is 20.3. The van der Waals surface area contributed by atoms with Crippen LogP contribution < -0.4 is 5.32 Å². The molecular formula is C20H25N3O4S. The number of carbonyl (C=O) groups excluding carboxylic acids is 3. The molecule has 1 aromatic heterocycles. The fraction of sp³-hybridized carbons (Fsp3) is 0.500. The summed E-state index contributed by atoms with van der Waals surface area (Å²) in [7, 11) is 3.02. The van der Waals surface area contributed by atoms with Gasteiger partial charge in [-0.1, -0.05) is 25.0 Å². The number of thiazole rings is 1. The minimum Gasteiger partial charge on any atom is -0.455 e. The number of esters is 1. The highest BCUT2D eigenvalue weighted by molar-refractivity contribution is 7.18. The molecule has 1 heterocycles. The summed E-state index contributed by atoms with van der Waals surface area (Å²) in [6.45, 7) is -0.417. The second-order valence-electron chi connectivity index (χ2n) is 7.05. The Morgan fingerprint density at radius 2 is 2.00 bits per heavy atom. The molecule has 3 rings (SSSR count). The Hall–Kier alpha value is -2.48. The van der Waals surface area contributed by atoms with Gasteiger partial charge in [-0.2, -0.15) is 0 Å². The van der Waals surface area contributed by atoms with E-state index in [1.807, 2.05) is 24.3 Å². The quantitative estimate of drug-likeness (QED) is 0.748. The Labute approximate surface area is 168 Å². The third-order valence-corrected chi connectivity index (χ3v) is 6.29. The summed E-state index contributed by atoms with van der Waals surface area (Å²) in [5.41, 5.74) is 0.950. The number of rotatable bonds is 6. The van der Waals surface area contributed by atoms with Gasteiger partial charge in [-0.15, -0.1) is 11.3 Å². The van der Waals surface area contributed by atoms with Gasteiger partial charge in [0, 0.05) is 20.0 Å². The number of carbonyl (C=O) groups is 3. The van der Waals surface area contributed by atoms with Crippen molar-refractivity contribution in [2.24, 2.45) is 5.92 Å². The van der Waals surface area contributed by atoms with E-state index < -0.39 is 5.91 Å². The molecule has 8 heteroatoms. The van der Waals surface area contributed by atoms with Gasteiger partial charge in [0.05, 0.1) is 27.7 Å². The van der Waals surface area contributed by atoms with Crippen LogP contribution in [0.1, 0.15) is 36.6 Å². The van der Waals surface area contributed by atoms with Gasteiger partial charge in [-0.05, 0) is 25.0 Å². The molecule has 0 saturated heterocycles. The van der Waals surface area contributed by atoms with Crippen LogP contribution >= 0.6 is 11.3 Å². The van der Waals surface area contributed by atoms with Crippen LogP contribution in [0.4, 0.5) is 0 Å². The van der Waals surface area contributed by atoms with E-state index in [4.69, 9.17) is 9.72 Å². The van der Waals surface area contributed by atoms with Crippen LogP contribution in [0.3, 0.4) is 0 Å². The molecule has 1 saturated carbocycles. The molecule has 0 radical (unpaired) electrons. The molecule has 28 heavy (non-hydrogen) atoms. The van der Waals surface area contributed by atoms with E-state index in [-0.39, 0.29) is 36.9 Å². The molecule has 1 aliphatic carbocycles. The number of para-hydroxylation sites is 1. The summed E-state index contributed by atoms with van der Waals surface area (Å²) in [6, 6.07) is 7.96. The number of likely N-dealkylation sites (N-methyl/N-ethyl adjacent to an activating group) is 2. The summed E-state index contributed by atoms with van der Waals surface area (Å²) in [5, 5.41) is 3.42. The summed E-state index contributed by atoms with van der Waals surface area (Å²) >= 11 is 1.63. The molecular weight excluding hydrogens is 378 g/mol. The van der Waals surface area contributed by atoms with E-state index in [1.54, 1.807) is 11.3 Å². The lowest BCUT2D eigenvalue weighted by atomic mass is 9.79. The van der Waals surface area contributed by atoms with Crippen molar-refractivity contribution in [2.45, 2.75) is 31.6 Å². The lowest BCUT2D eigenvalue weighted by Crippen LogP contribution is -2.39. The number of amides is 2. The predicted octanol–water partition coefficient (Wildman–Crippen LogP) is 2.32. The maximum atomic E-state index is 12.7. The highest BCUT2D eigenvalue weighted by Gasteiger charge is 2.35. The molecule has 2 aromatic rings. The SMILES string of the molecule is CNC(=O)CN(C)C(=O)COC(=O)[C@@H]1CCCC[C@H]1c1nc2ccccc2s1. The fourth-order valence-corrected chi connectivity index (χ4v) is 4.66. The molecule has 0 unspecified atom stereocenters. The van der Waals surface area contributed by atoms with Crippen LogP contribution in [0.15, 0.2) is 24.3 Å². The Morgan fingerprint density at radius 1 is 1.25 bits per heavy atom. The highest BCUT2D eigenvalue weighted by Crippen LogP contribution is 2.41. The Morgan fingerprint density at radius 3 is 2.75 bits per heavy atom. The van der Waals surface area contributed by atoms with Crippen LogP contribution in [0, 0.1) is 5.92 Å². The van der Waals surface area contributed by atoms with Gasteiger partial charge in [-0.3, -0.25) is 14.4 Å². The number of nitrogens with one attached hydrogen (secondary N) is 1. The van der Waals surface area contributed by atoms with Crippen molar-refractivity contribution in [3.8, 4) is 0 Å². The Bertz CT molecular complexity index is 833. The van der Waals surface area contributed by atoms with Crippen molar-refractivity contribution in [3.63, 3.8) is 0 Å². The number of hydrogen-bond donors (Lipinski definition) is 1. The van der Waals surface area contributed by atoms with E-state index in [0.29, 0.717) is 0 Å². The first-order chi connectivity index (χ1) is 13.5. The normalized spacial score (nSPS) is 19.2. The van der Waals surface area contributed by atoms with Crippen LogP contribution in [-0.2, 0) is 19.1 Å². The smallest absolute Gasteiger partial charge is 0.310 e. The molecule has 1 fully saturated rings. The molecule has 1 aliphatic rings. The first-order valence-corrected chi connectivity index (χ1v) is 10.3. The van der Waals surface area contributed by atoms with E-state index in [0.717, 1.165) is 40.9 Å². The van der Waals surface area contributed by atoms with Crippen molar-refractivity contribution >= 4 is 39.3 Å². The minimum atomic E-state index is -0.399. The van der Waals surface area contributed by atoms with Gasteiger partial charge < -0.3 is 15.0 Å². The molecule has 1 N–H and O–H groups in total. The molecule has 2 amide bonds. The van der Waals surface area contributed by atoms with Crippen molar-refractivity contribution < 1.29 is 19.1 Å². The van der Waals surface area contributed by atoms with Gasteiger partial charge in [0.15, 0.2) is 6.61 Å². The number of benzene rings is 1. The molecule has 150 valence electrons. The molecule has 0 aliphatic heterocycles. The Balaban J connectivity index is 1.64. The lowest BCUT2D eigenvalue weighted by molar-refractivity contribution is -0.156. The summed E-state index contributed by atoms with van der Waals surface area (Å²) in [6.07, 6.45) is 3.65. The third kappa shape index (κ3) is 4.67. The molecule has 1 aromatic carbocycles. The first-order valence-electron chi connectivity index (χ1n) is 9.46.